The summed E-state index contributed by atoms with van der Waals surface area (Å²) in [6, 6.07) is 0.719. The summed E-state index contributed by atoms with van der Waals surface area (Å²) < 4.78 is 7.77. The third kappa shape index (κ3) is 3.33. The number of hydrogen-bond acceptors (Lipinski definition) is 4. The van der Waals surface area contributed by atoms with Gasteiger partial charge in [-0.2, -0.15) is 16.9 Å². The van der Waals surface area contributed by atoms with Crippen LogP contribution in [0.25, 0.3) is 0 Å². The summed E-state index contributed by atoms with van der Waals surface area (Å²) in [5.74, 6) is 3.22. The Morgan fingerprint density at radius 1 is 1.42 bits per heavy atom. The van der Waals surface area contributed by atoms with E-state index in [2.05, 4.69) is 28.4 Å². The molecule has 3 heterocycles. The number of aromatic nitrogens is 2. The summed E-state index contributed by atoms with van der Waals surface area (Å²) in [5, 5.41) is 8.01. The van der Waals surface area contributed by atoms with Crippen molar-refractivity contribution in [3.05, 3.63) is 18.0 Å². The molecule has 0 bridgehead atoms. The summed E-state index contributed by atoms with van der Waals surface area (Å²) in [6.45, 7) is 1.96. The van der Waals surface area contributed by atoms with E-state index in [9.17, 15) is 0 Å². The van der Waals surface area contributed by atoms with Crippen LogP contribution in [-0.4, -0.2) is 40.5 Å². The quantitative estimate of drug-likeness (QED) is 0.916. The maximum atomic E-state index is 5.91. The van der Waals surface area contributed by atoms with Crippen molar-refractivity contribution in [2.24, 2.45) is 13.0 Å². The van der Waals surface area contributed by atoms with Gasteiger partial charge in [0.15, 0.2) is 0 Å². The van der Waals surface area contributed by atoms with Crippen LogP contribution in [0.1, 0.15) is 30.9 Å². The lowest BCUT2D eigenvalue weighted by atomic mass is 9.96. The molecule has 0 amide bonds. The maximum absolute atomic E-state index is 5.91. The molecule has 1 N–H and O–H groups in total. The smallest absolute Gasteiger partial charge is 0.0896 e. The van der Waals surface area contributed by atoms with Gasteiger partial charge in [-0.15, -0.1) is 0 Å². The molecule has 0 radical (unpaired) electrons. The number of hydrogen-bond donors (Lipinski definition) is 1. The zero-order chi connectivity index (χ0) is 13.1. The van der Waals surface area contributed by atoms with Gasteiger partial charge in [0.2, 0.25) is 0 Å². The highest BCUT2D eigenvalue weighted by molar-refractivity contribution is 7.99. The van der Waals surface area contributed by atoms with Crippen LogP contribution < -0.4 is 5.32 Å². The van der Waals surface area contributed by atoms with E-state index in [-0.39, 0.29) is 6.10 Å². The molecule has 3 rings (SSSR count). The van der Waals surface area contributed by atoms with Crippen molar-refractivity contribution < 1.29 is 4.74 Å². The van der Waals surface area contributed by atoms with E-state index in [0.717, 1.165) is 25.6 Å². The molecule has 2 fully saturated rings. The molecular weight excluding hydrogens is 258 g/mol. The topological polar surface area (TPSA) is 39.1 Å². The predicted octanol–water partition coefficient (Wildman–Crippen LogP) is 1.98. The number of aryl methyl sites for hydroxylation is 1. The Kier molecular flexibility index (Phi) is 4.45. The minimum absolute atomic E-state index is 0.235. The third-order valence-corrected chi connectivity index (χ3v) is 5.21. The molecule has 0 aromatic carbocycles. The fraction of sp³-hybridized carbons (Fsp3) is 0.786. The van der Waals surface area contributed by atoms with Crippen LogP contribution in [0.4, 0.5) is 0 Å². The highest BCUT2D eigenvalue weighted by Crippen LogP contribution is 2.34. The number of rotatable bonds is 4. The van der Waals surface area contributed by atoms with Gasteiger partial charge < -0.3 is 10.1 Å². The van der Waals surface area contributed by atoms with Crippen molar-refractivity contribution in [1.29, 1.82) is 0 Å². The lowest BCUT2D eigenvalue weighted by Crippen LogP contribution is -2.36. The predicted molar refractivity (Wildman–Crippen MR) is 78.4 cm³/mol. The van der Waals surface area contributed by atoms with Crippen LogP contribution in [-0.2, 0) is 11.8 Å². The van der Waals surface area contributed by atoms with Crippen LogP contribution in [0.3, 0.4) is 0 Å². The van der Waals surface area contributed by atoms with Gasteiger partial charge in [-0.1, -0.05) is 0 Å². The highest BCUT2D eigenvalue weighted by atomic mass is 32.2. The van der Waals surface area contributed by atoms with E-state index < -0.39 is 0 Å². The minimum atomic E-state index is 0.235. The van der Waals surface area contributed by atoms with E-state index in [4.69, 9.17) is 4.74 Å². The summed E-state index contributed by atoms with van der Waals surface area (Å²) in [5.41, 5.74) is 1.23. The van der Waals surface area contributed by atoms with E-state index in [0.29, 0.717) is 5.92 Å². The largest absolute Gasteiger partial charge is 0.373 e. The highest BCUT2D eigenvalue weighted by Gasteiger charge is 2.30. The van der Waals surface area contributed by atoms with Crippen LogP contribution in [0.2, 0.25) is 0 Å². The van der Waals surface area contributed by atoms with Crippen molar-refractivity contribution >= 4 is 11.8 Å². The van der Waals surface area contributed by atoms with Gasteiger partial charge in [-0.3, -0.25) is 4.68 Å². The van der Waals surface area contributed by atoms with Crippen molar-refractivity contribution in [1.82, 2.24) is 15.1 Å². The van der Waals surface area contributed by atoms with Gasteiger partial charge in [0, 0.05) is 43.9 Å². The molecule has 5 heteroatoms. The monoisotopic (exact) mass is 281 g/mol. The van der Waals surface area contributed by atoms with E-state index in [1.54, 1.807) is 0 Å². The molecule has 0 aliphatic carbocycles. The molecule has 1 aromatic heterocycles. The molecule has 2 aliphatic heterocycles. The van der Waals surface area contributed by atoms with Crippen molar-refractivity contribution in [3.63, 3.8) is 0 Å². The maximum Gasteiger partial charge on any atom is 0.0896 e. The Labute approximate surface area is 119 Å². The second-order valence-electron chi connectivity index (χ2n) is 5.58. The average molecular weight is 281 g/mol. The lowest BCUT2D eigenvalue weighted by molar-refractivity contribution is 0.0896. The summed E-state index contributed by atoms with van der Waals surface area (Å²) >= 11 is 2.08. The Morgan fingerprint density at radius 3 is 3.00 bits per heavy atom. The summed E-state index contributed by atoms with van der Waals surface area (Å²) in [4.78, 5) is 0. The SMILES string of the molecule is Cn1cc([C@H]2OCC[C@@H]2CNC2CCSCC2)cn1. The Morgan fingerprint density at radius 2 is 2.26 bits per heavy atom. The molecule has 0 saturated carbocycles. The second-order valence-corrected chi connectivity index (χ2v) is 6.81. The van der Waals surface area contributed by atoms with E-state index in [1.165, 1.54) is 29.9 Å². The standard InChI is InChI=1S/C14H23N3OS/c1-17-10-12(9-16-17)14-11(2-5-18-14)8-15-13-3-6-19-7-4-13/h9-11,13-15H,2-8H2,1H3/t11-,14+/m1/s1. The van der Waals surface area contributed by atoms with Crippen LogP contribution in [0.5, 0.6) is 0 Å². The molecule has 2 saturated heterocycles. The van der Waals surface area contributed by atoms with Gasteiger partial charge >= 0.3 is 0 Å². The van der Waals surface area contributed by atoms with Crippen LogP contribution >= 0.6 is 11.8 Å². The number of nitrogens with zero attached hydrogens (tertiary/aromatic N) is 2. The number of thioether (sulfide) groups is 1. The fourth-order valence-corrected chi connectivity index (χ4v) is 4.12. The van der Waals surface area contributed by atoms with Gasteiger partial charge in [-0.25, -0.2) is 0 Å². The van der Waals surface area contributed by atoms with Gasteiger partial charge in [-0.05, 0) is 30.8 Å². The average Bonchev–Trinajstić information content (AvgIpc) is 3.06. The van der Waals surface area contributed by atoms with Crippen molar-refractivity contribution in [2.75, 3.05) is 24.7 Å². The van der Waals surface area contributed by atoms with E-state index >= 15 is 0 Å². The first-order valence-corrected chi connectivity index (χ1v) is 8.39. The minimum Gasteiger partial charge on any atom is -0.373 e. The number of ether oxygens (including phenoxy) is 1. The Bertz CT molecular complexity index is 403. The molecule has 0 unspecified atom stereocenters. The first-order valence-electron chi connectivity index (χ1n) is 7.24. The van der Waals surface area contributed by atoms with E-state index in [1.807, 2.05) is 17.9 Å². The van der Waals surface area contributed by atoms with Gasteiger partial charge in [0.1, 0.15) is 0 Å². The van der Waals surface area contributed by atoms with Gasteiger partial charge in [0.25, 0.3) is 0 Å². The van der Waals surface area contributed by atoms with Crippen LogP contribution in [0, 0.1) is 5.92 Å². The third-order valence-electron chi connectivity index (χ3n) is 4.16. The zero-order valence-electron chi connectivity index (χ0n) is 11.5. The zero-order valence-corrected chi connectivity index (χ0v) is 12.4. The Balaban J connectivity index is 1.54. The van der Waals surface area contributed by atoms with Gasteiger partial charge in [0.05, 0.1) is 12.3 Å². The molecular formula is C14H23N3OS. The first kappa shape index (κ1) is 13.5. The number of nitrogens with one attached hydrogen (secondary N) is 1. The molecule has 4 nitrogen and oxygen atoms in total. The molecule has 1 aromatic rings. The second kappa shape index (κ2) is 6.29. The molecule has 2 aliphatic rings. The first-order chi connectivity index (χ1) is 9.33. The molecule has 2 atom stereocenters. The fourth-order valence-electron chi connectivity index (χ4n) is 3.02. The van der Waals surface area contributed by atoms with Crippen LogP contribution in [0.15, 0.2) is 12.4 Å². The Hall–Kier alpha value is -0.520. The van der Waals surface area contributed by atoms with Crippen molar-refractivity contribution in [3.8, 4) is 0 Å². The molecule has 19 heavy (non-hydrogen) atoms. The van der Waals surface area contributed by atoms with Crippen molar-refractivity contribution in [2.45, 2.75) is 31.4 Å². The summed E-state index contributed by atoms with van der Waals surface area (Å²) in [6.07, 6.45) is 8.05. The molecule has 0 spiro atoms. The molecule has 106 valence electrons. The summed E-state index contributed by atoms with van der Waals surface area (Å²) in [7, 11) is 1.96. The lowest BCUT2D eigenvalue weighted by Gasteiger charge is -2.25. The normalized spacial score (nSPS) is 28.9.